The molecule has 1 amide bonds. The van der Waals surface area contributed by atoms with E-state index in [1.807, 2.05) is 27.7 Å². The molecular weight excluding hydrogens is 193 g/mol. The predicted molar refractivity (Wildman–Crippen MR) is 44.5 cm³/mol. The van der Waals surface area contributed by atoms with Gasteiger partial charge in [-0.2, -0.15) is 0 Å². The van der Waals surface area contributed by atoms with Crippen molar-refractivity contribution in [2.24, 2.45) is 0 Å². The topological polar surface area (TPSA) is 38.3 Å². The first-order valence-electron chi connectivity index (χ1n) is 3.36. The largest absolute Gasteiger partial charge is 0.441 e. The van der Waals surface area contributed by atoms with Gasteiger partial charge in [-0.1, -0.05) is 7.43 Å². The molecule has 1 radical (unpaired) electrons. The molecular formula is C8H17NO2V. The second-order valence-corrected chi connectivity index (χ2v) is 3.65. The minimum Gasteiger partial charge on any atom is -0.441 e. The molecule has 1 aliphatic rings. The van der Waals surface area contributed by atoms with E-state index in [2.05, 4.69) is 5.32 Å². The molecule has 1 rings (SSSR count). The van der Waals surface area contributed by atoms with E-state index in [0.29, 0.717) is 0 Å². The molecule has 1 fully saturated rings. The number of nitrogens with one attached hydrogen (secondary N) is 1. The summed E-state index contributed by atoms with van der Waals surface area (Å²) in [5.41, 5.74) is -0.659. The van der Waals surface area contributed by atoms with Crippen LogP contribution in [0.1, 0.15) is 35.1 Å². The molecule has 71 valence electrons. The standard InChI is InChI=1S/C7H13NO2.CH4.V/c1-6(2)7(3,4)10-5(9)8-6;;/h1-4H3,(H,8,9);1H4;. The second-order valence-electron chi connectivity index (χ2n) is 3.65. The van der Waals surface area contributed by atoms with Crippen LogP contribution in [-0.4, -0.2) is 17.2 Å². The fourth-order valence-corrected chi connectivity index (χ4v) is 0.791. The molecule has 0 atom stereocenters. The number of amides is 1. The molecule has 3 nitrogen and oxygen atoms in total. The summed E-state index contributed by atoms with van der Waals surface area (Å²) in [5, 5.41) is 2.72. The van der Waals surface area contributed by atoms with Crippen LogP contribution in [0.25, 0.3) is 0 Å². The molecule has 0 unspecified atom stereocenters. The van der Waals surface area contributed by atoms with Gasteiger partial charge < -0.3 is 10.1 Å². The summed E-state index contributed by atoms with van der Waals surface area (Å²) >= 11 is 0. The van der Waals surface area contributed by atoms with E-state index >= 15 is 0 Å². The first kappa shape index (κ1) is 14.4. The molecule has 0 aromatic heterocycles. The Hall–Kier alpha value is -0.146. The first-order chi connectivity index (χ1) is 4.35. The van der Waals surface area contributed by atoms with Crippen LogP contribution < -0.4 is 5.32 Å². The molecule has 0 aromatic carbocycles. The van der Waals surface area contributed by atoms with Gasteiger partial charge in [-0.25, -0.2) is 4.79 Å². The van der Waals surface area contributed by atoms with Gasteiger partial charge in [-0.15, -0.1) is 0 Å². The molecule has 0 saturated carbocycles. The fourth-order valence-electron chi connectivity index (χ4n) is 0.791. The van der Waals surface area contributed by atoms with Gasteiger partial charge in [0.1, 0.15) is 5.60 Å². The number of carbonyl (C=O) groups excluding carboxylic acids is 1. The Bertz CT molecular complexity index is 160. The van der Waals surface area contributed by atoms with Gasteiger partial charge >= 0.3 is 6.09 Å². The SMILES string of the molecule is C.CC1(C)NC(=O)OC1(C)C.[V]. The number of cyclic esters (lactones) is 1. The summed E-state index contributed by atoms with van der Waals surface area (Å²) in [5.74, 6) is 0. The molecule has 0 spiro atoms. The third-order valence-corrected chi connectivity index (χ3v) is 2.27. The van der Waals surface area contributed by atoms with Gasteiger partial charge in [-0.3, -0.25) is 0 Å². The normalized spacial score (nSPS) is 22.8. The second kappa shape index (κ2) is 3.71. The Morgan fingerprint density at radius 2 is 1.67 bits per heavy atom. The maximum Gasteiger partial charge on any atom is 0.408 e. The molecule has 0 aliphatic carbocycles. The van der Waals surface area contributed by atoms with E-state index in [1.54, 1.807) is 0 Å². The van der Waals surface area contributed by atoms with Crippen molar-refractivity contribution in [1.82, 2.24) is 5.32 Å². The fraction of sp³-hybridized carbons (Fsp3) is 0.875. The molecule has 1 aliphatic heterocycles. The Labute approximate surface area is 86.1 Å². The van der Waals surface area contributed by atoms with E-state index in [-0.39, 0.29) is 37.6 Å². The zero-order valence-corrected chi connectivity index (χ0v) is 8.66. The number of rotatable bonds is 0. The Balaban J connectivity index is 0. The summed E-state index contributed by atoms with van der Waals surface area (Å²) in [4.78, 5) is 10.7. The van der Waals surface area contributed by atoms with Crippen molar-refractivity contribution in [2.45, 2.75) is 46.3 Å². The van der Waals surface area contributed by atoms with Gasteiger partial charge in [0, 0.05) is 18.6 Å². The third kappa shape index (κ3) is 2.17. The summed E-state index contributed by atoms with van der Waals surface area (Å²) in [6.45, 7) is 7.67. The smallest absolute Gasteiger partial charge is 0.408 e. The average molecular weight is 210 g/mol. The Kier molecular flexibility index (Phi) is 4.45. The van der Waals surface area contributed by atoms with Crippen LogP contribution >= 0.6 is 0 Å². The van der Waals surface area contributed by atoms with Crippen LogP contribution in [-0.2, 0) is 23.3 Å². The van der Waals surface area contributed by atoms with Gasteiger partial charge in [0.25, 0.3) is 0 Å². The number of hydrogen-bond donors (Lipinski definition) is 1. The molecule has 1 heterocycles. The van der Waals surface area contributed by atoms with Gasteiger partial charge in [-0.05, 0) is 27.7 Å². The van der Waals surface area contributed by atoms with Crippen molar-refractivity contribution in [3.8, 4) is 0 Å². The number of ether oxygens (including phenoxy) is 1. The number of carbonyl (C=O) groups is 1. The maximum absolute atomic E-state index is 10.7. The van der Waals surface area contributed by atoms with Crippen LogP contribution in [0.4, 0.5) is 4.79 Å². The zero-order chi connectivity index (χ0) is 7.99. The van der Waals surface area contributed by atoms with E-state index in [4.69, 9.17) is 4.74 Å². The Morgan fingerprint density at radius 3 is 1.75 bits per heavy atom. The van der Waals surface area contributed by atoms with Gasteiger partial charge in [0.2, 0.25) is 0 Å². The van der Waals surface area contributed by atoms with E-state index in [1.165, 1.54) is 0 Å². The quantitative estimate of drug-likeness (QED) is 0.663. The monoisotopic (exact) mass is 210 g/mol. The van der Waals surface area contributed by atoms with E-state index in [9.17, 15) is 4.79 Å². The van der Waals surface area contributed by atoms with Crippen LogP contribution in [0, 0.1) is 0 Å². The summed E-state index contributed by atoms with van der Waals surface area (Å²) < 4.78 is 5.01. The van der Waals surface area contributed by atoms with E-state index < -0.39 is 5.60 Å². The van der Waals surface area contributed by atoms with Crippen molar-refractivity contribution in [3.05, 3.63) is 0 Å². The van der Waals surface area contributed by atoms with Crippen molar-refractivity contribution >= 4 is 6.09 Å². The van der Waals surface area contributed by atoms with Crippen LogP contribution in [0.3, 0.4) is 0 Å². The molecule has 12 heavy (non-hydrogen) atoms. The summed E-state index contributed by atoms with van der Waals surface area (Å²) in [6.07, 6.45) is -0.324. The number of alkyl carbamates (subject to hydrolysis) is 1. The zero-order valence-electron chi connectivity index (χ0n) is 7.26. The Morgan fingerprint density at radius 1 is 1.25 bits per heavy atom. The third-order valence-electron chi connectivity index (χ3n) is 2.27. The summed E-state index contributed by atoms with van der Waals surface area (Å²) in [7, 11) is 0. The number of hydrogen-bond acceptors (Lipinski definition) is 2. The first-order valence-corrected chi connectivity index (χ1v) is 3.36. The van der Waals surface area contributed by atoms with Crippen molar-refractivity contribution in [1.29, 1.82) is 0 Å². The molecule has 0 bridgehead atoms. The average Bonchev–Trinajstić information content (AvgIpc) is 1.73. The minimum absolute atomic E-state index is 0. The van der Waals surface area contributed by atoms with Crippen LogP contribution in [0.5, 0.6) is 0 Å². The van der Waals surface area contributed by atoms with Gasteiger partial charge in [0.05, 0.1) is 5.54 Å². The minimum atomic E-state index is -0.399. The molecule has 0 aromatic rings. The van der Waals surface area contributed by atoms with Crippen LogP contribution in [0.15, 0.2) is 0 Å². The molecule has 1 N–H and O–H groups in total. The summed E-state index contributed by atoms with van der Waals surface area (Å²) in [6, 6.07) is 0. The van der Waals surface area contributed by atoms with E-state index in [0.717, 1.165) is 0 Å². The van der Waals surface area contributed by atoms with Crippen molar-refractivity contribution in [3.63, 3.8) is 0 Å². The molecule has 4 heteroatoms. The predicted octanol–water partition coefficient (Wildman–Crippen LogP) is 1.92. The maximum atomic E-state index is 10.7. The van der Waals surface area contributed by atoms with Gasteiger partial charge in [0.15, 0.2) is 0 Å². The van der Waals surface area contributed by atoms with Crippen molar-refractivity contribution < 1.29 is 28.1 Å². The van der Waals surface area contributed by atoms with Crippen LogP contribution in [0.2, 0.25) is 0 Å². The molecule has 1 saturated heterocycles. The van der Waals surface area contributed by atoms with Crippen molar-refractivity contribution in [2.75, 3.05) is 0 Å².